The lowest BCUT2D eigenvalue weighted by Crippen LogP contribution is -2.23. The molecule has 0 aliphatic rings. The first-order valence-electron chi connectivity index (χ1n) is 7.22. The summed E-state index contributed by atoms with van der Waals surface area (Å²) in [6, 6.07) is 4.05. The second kappa shape index (κ2) is 7.40. The van der Waals surface area contributed by atoms with E-state index in [2.05, 4.69) is 50.1 Å². The molecule has 0 radical (unpaired) electrons. The molecule has 0 atom stereocenters. The summed E-state index contributed by atoms with van der Waals surface area (Å²) in [5.74, 6) is 0.977. The summed E-state index contributed by atoms with van der Waals surface area (Å²) in [4.78, 5) is 18.5. The lowest BCUT2D eigenvalue weighted by molar-refractivity contribution is 0.703. The number of aryl methyl sites for hydroxylation is 1. The summed E-state index contributed by atoms with van der Waals surface area (Å²) < 4.78 is 1.77. The number of anilines is 2. The maximum Gasteiger partial charge on any atom is 0.282 e. The van der Waals surface area contributed by atoms with Crippen molar-refractivity contribution in [2.45, 2.75) is 20.4 Å². The van der Waals surface area contributed by atoms with E-state index >= 15 is 0 Å². The van der Waals surface area contributed by atoms with Crippen molar-refractivity contribution >= 4 is 27.4 Å². The van der Waals surface area contributed by atoms with Gasteiger partial charge in [0.05, 0.1) is 11.9 Å². The number of aromatic nitrogens is 3. The SMILES string of the molecule is CCN(CC)c1ccc(CNc2cnn(C)c(=O)c2Br)cn1. The maximum atomic E-state index is 11.8. The van der Waals surface area contributed by atoms with Gasteiger partial charge in [0, 0.05) is 32.9 Å². The van der Waals surface area contributed by atoms with Gasteiger partial charge in [-0.1, -0.05) is 6.07 Å². The van der Waals surface area contributed by atoms with Gasteiger partial charge in [-0.05, 0) is 41.4 Å². The Balaban J connectivity index is 2.06. The zero-order valence-corrected chi connectivity index (χ0v) is 14.6. The quantitative estimate of drug-likeness (QED) is 0.851. The molecule has 1 N–H and O–H groups in total. The van der Waals surface area contributed by atoms with Gasteiger partial charge in [-0.3, -0.25) is 4.79 Å². The Bertz CT molecular complexity index is 679. The fraction of sp³-hybridized carbons (Fsp3) is 0.400. The lowest BCUT2D eigenvalue weighted by atomic mass is 10.2. The lowest BCUT2D eigenvalue weighted by Gasteiger charge is -2.19. The number of halogens is 1. The van der Waals surface area contributed by atoms with E-state index in [9.17, 15) is 4.79 Å². The third kappa shape index (κ3) is 3.65. The van der Waals surface area contributed by atoms with Gasteiger partial charge in [0.1, 0.15) is 10.3 Å². The van der Waals surface area contributed by atoms with E-state index in [1.54, 1.807) is 13.2 Å². The Morgan fingerprint density at radius 2 is 2.00 bits per heavy atom. The van der Waals surface area contributed by atoms with Crippen LogP contribution >= 0.6 is 15.9 Å². The van der Waals surface area contributed by atoms with Gasteiger partial charge in [-0.15, -0.1) is 0 Å². The van der Waals surface area contributed by atoms with Crippen molar-refractivity contribution in [3.05, 3.63) is 44.9 Å². The summed E-state index contributed by atoms with van der Waals surface area (Å²) in [7, 11) is 1.62. The first-order valence-corrected chi connectivity index (χ1v) is 8.01. The van der Waals surface area contributed by atoms with Crippen LogP contribution in [-0.2, 0) is 13.6 Å². The predicted octanol–water partition coefficient (Wildman–Crippen LogP) is 2.40. The molecule has 0 aromatic carbocycles. The molecule has 0 aliphatic heterocycles. The monoisotopic (exact) mass is 365 g/mol. The highest BCUT2D eigenvalue weighted by Gasteiger charge is 2.07. The Morgan fingerprint density at radius 3 is 2.59 bits per heavy atom. The standard InChI is InChI=1S/C15H20BrN5O/c1-4-21(5-2)13-7-6-11(9-18-13)8-17-12-10-19-20(3)15(22)14(12)16/h6-7,9-10,17H,4-5,8H2,1-3H3. The Hall–Kier alpha value is -1.89. The zero-order valence-electron chi connectivity index (χ0n) is 13.0. The van der Waals surface area contributed by atoms with Crippen molar-refractivity contribution in [3.8, 4) is 0 Å². The highest BCUT2D eigenvalue weighted by Crippen LogP contribution is 2.17. The summed E-state index contributed by atoms with van der Waals surface area (Å²) in [6.45, 7) is 6.68. The summed E-state index contributed by atoms with van der Waals surface area (Å²) >= 11 is 3.30. The van der Waals surface area contributed by atoms with Gasteiger partial charge >= 0.3 is 0 Å². The van der Waals surface area contributed by atoms with Gasteiger partial charge in [0.2, 0.25) is 0 Å². The first kappa shape index (κ1) is 16.5. The Morgan fingerprint density at radius 1 is 1.27 bits per heavy atom. The number of hydrogen-bond donors (Lipinski definition) is 1. The molecule has 0 spiro atoms. The van der Waals surface area contributed by atoms with Crippen molar-refractivity contribution in [2.75, 3.05) is 23.3 Å². The fourth-order valence-corrected chi connectivity index (χ4v) is 2.59. The molecule has 6 nitrogen and oxygen atoms in total. The number of nitrogens with zero attached hydrogens (tertiary/aromatic N) is 4. The number of rotatable bonds is 6. The molecule has 118 valence electrons. The molecular weight excluding hydrogens is 346 g/mol. The minimum Gasteiger partial charge on any atom is -0.379 e. The van der Waals surface area contributed by atoms with Gasteiger partial charge in [-0.2, -0.15) is 5.10 Å². The third-order valence-electron chi connectivity index (χ3n) is 3.46. The van der Waals surface area contributed by atoms with E-state index in [-0.39, 0.29) is 5.56 Å². The molecule has 0 bridgehead atoms. The van der Waals surface area contributed by atoms with Crippen LogP contribution in [0.3, 0.4) is 0 Å². The van der Waals surface area contributed by atoms with E-state index < -0.39 is 0 Å². The average molecular weight is 366 g/mol. The predicted molar refractivity (Wildman–Crippen MR) is 92.3 cm³/mol. The van der Waals surface area contributed by atoms with E-state index in [0.717, 1.165) is 24.5 Å². The summed E-state index contributed by atoms with van der Waals surface area (Å²) in [5, 5.41) is 7.20. The van der Waals surface area contributed by atoms with Crippen LogP contribution in [0.25, 0.3) is 0 Å². The Labute approximate surface area is 138 Å². The molecule has 0 saturated heterocycles. The zero-order chi connectivity index (χ0) is 16.1. The summed E-state index contributed by atoms with van der Waals surface area (Å²) in [5.41, 5.74) is 1.56. The number of nitrogens with one attached hydrogen (secondary N) is 1. The maximum absolute atomic E-state index is 11.8. The molecule has 7 heteroatoms. The van der Waals surface area contributed by atoms with E-state index in [1.807, 2.05) is 18.3 Å². The molecule has 2 heterocycles. The van der Waals surface area contributed by atoms with Crippen molar-refractivity contribution in [1.82, 2.24) is 14.8 Å². The highest BCUT2D eigenvalue weighted by molar-refractivity contribution is 9.10. The van der Waals surface area contributed by atoms with Crippen LogP contribution in [0.2, 0.25) is 0 Å². The van der Waals surface area contributed by atoms with Gasteiger partial charge < -0.3 is 10.2 Å². The molecular formula is C15H20BrN5O. The molecule has 0 aliphatic carbocycles. The van der Waals surface area contributed by atoms with Gasteiger partial charge in [-0.25, -0.2) is 9.67 Å². The molecule has 0 fully saturated rings. The second-order valence-corrected chi connectivity index (χ2v) is 5.64. The summed E-state index contributed by atoms with van der Waals surface area (Å²) in [6.07, 6.45) is 3.48. The fourth-order valence-electron chi connectivity index (χ4n) is 2.09. The topological polar surface area (TPSA) is 63.1 Å². The van der Waals surface area contributed by atoms with Gasteiger partial charge in [0.15, 0.2) is 0 Å². The molecule has 0 saturated carbocycles. The second-order valence-electron chi connectivity index (χ2n) is 4.85. The minimum absolute atomic E-state index is 0.167. The van der Waals surface area contributed by atoms with Crippen LogP contribution in [0.1, 0.15) is 19.4 Å². The molecule has 2 aromatic heterocycles. The average Bonchev–Trinajstić information content (AvgIpc) is 2.54. The van der Waals surface area contributed by atoms with Crippen LogP contribution < -0.4 is 15.8 Å². The van der Waals surface area contributed by atoms with Gasteiger partial charge in [0.25, 0.3) is 5.56 Å². The molecule has 0 unspecified atom stereocenters. The van der Waals surface area contributed by atoms with Crippen LogP contribution in [0.15, 0.2) is 33.8 Å². The van der Waals surface area contributed by atoms with E-state index in [1.165, 1.54) is 4.68 Å². The van der Waals surface area contributed by atoms with Crippen LogP contribution in [0.4, 0.5) is 11.5 Å². The highest BCUT2D eigenvalue weighted by atomic mass is 79.9. The van der Waals surface area contributed by atoms with Crippen molar-refractivity contribution in [2.24, 2.45) is 7.05 Å². The van der Waals surface area contributed by atoms with E-state index in [4.69, 9.17) is 0 Å². The van der Waals surface area contributed by atoms with E-state index in [0.29, 0.717) is 16.7 Å². The number of pyridine rings is 1. The van der Waals surface area contributed by atoms with Crippen LogP contribution in [-0.4, -0.2) is 27.9 Å². The van der Waals surface area contributed by atoms with Crippen molar-refractivity contribution in [3.63, 3.8) is 0 Å². The normalized spacial score (nSPS) is 10.5. The number of hydrogen-bond acceptors (Lipinski definition) is 5. The molecule has 2 rings (SSSR count). The smallest absolute Gasteiger partial charge is 0.282 e. The third-order valence-corrected chi connectivity index (χ3v) is 4.22. The van der Waals surface area contributed by atoms with Crippen molar-refractivity contribution in [1.29, 1.82) is 0 Å². The molecule has 0 amide bonds. The van der Waals surface area contributed by atoms with Crippen molar-refractivity contribution < 1.29 is 0 Å². The molecule has 22 heavy (non-hydrogen) atoms. The van der Waals surface area contributed by atoms with Crippen LogP contribution in [0, 0.1) is 0 Å². The van der Waals surface area contributed by atoms with Crippen LogP contribution in [0.5, 0.6) is 0 Å². The first-order chi connectivity index (χ1) is 10.6. The Kier molecular flexibility index (Phi) is 5.54. The molecule has 2 aromatic rings. The largest absolute Gasteiger partial charge is 0.379 e. The minimum atomic E-state index is -0.167.